The molecule has 0 fully saturated rings. The van der Waals surface area contributed by atoms with Crippen molar-refractivity contribution in [2.24, 2.45) is 0 Å². The summed E-state index contributed by atoms with van der Waals surface area (Å²) >= 11 is 1.37. The lowest BCUT2D eigenvalue weighted by Gasteiger charge is -2.04. The topological polar surface area (TPSA) is 77.8 Å². The summed E-state index contributed by atoms with van der Waals surface area (Å²) < 4.78 is 11.0. The first-order chi connectivity index (χ1) is 13.2. The lowest BCUT2D eigenvalue weighted by Crippen LogP contribution is -1.88. The van der Waals surface area contributed by atoms with Gasteiger partial charge in [-0.1, -0.05) is 73.2 Å². The summed E-state index contributed by atoms with van der Waals surface area (Å²) in [6.07, 6.45) is 0. The summed E-state index contributed by atoms with van der Waals surface area (Å²) in [4.78, 5) is 4.45. The number of hydrogen-bond acceptors (Lipinski definition) is 7. The normalized spacial score (nSPS) is 11.2. The zero-order valence-electron chi connectivity index (χ0n) is 15.0. The molecule has 2 aromatic carbocycles. The Labute approximate surface area is 161 Å². The van der Waals surface area contributed by atoms with E-state index in [1.807, 2.05) is 42.5 Å². The molecule has 0 saturated heterocycles. The smallest absolute Gasteiger partial charge is 0.277 e. The Morgan fingerprint density at radius 2 is 1.70 bits per heavy atom. The zero-order chi connectivity index (χ0) is 18.6. The van der Waals surface area contributed by atoms with Crippen LogP contribution < -0.4 is 0 Å². The van der Waals surface area contributed by atoms with Crippen molar-refractivity contribution < 1.29 is 8.94 Å². The van der Waals surface area contributed by atoms with Crippen molar-refractivity contribution in [3.05, 3.63) is 66.1 Å². The molecule has 4 aromatic rings. The number of thioether (sulfide) groups is 1. The van der Waals surface area contributed by atoms with Gasteiger partial charge in [-0.2, -0.15) is 4.98 Å². The molecule has 6 nitrogen and oxygen atoms in total. The molecule has 0 radical (unpaired) electrons. The molecule has 7 heteroatoms. The predicted molar refractivity (Wildman–Crippen MR) is 103 cm³/mol. The van der Waals surface area contributed by atoms with Crippen LogP contribution in [0.5, 0.6) is 0 Å². The van der Waals surface area contributed by atoms with Gasteiger partial charge in [-0.15, -0.1) is 10.2 Å². The van der Waals surface area contributed by atoms with E-state index in [-0.39, 0.29) is 0 Å². The van der Waals surface area contributed by atoms with Gasteiger partial charge in [0.1, 0.15) is 0 Å². The minimum atomic E-state index is 0.466. The Balaban J connectivity index is 1.41. The maximum absolute atomic E-state index is 5.67. The molecule has 0 unspecified atom stereocenters. The van der Waals surface area contributed by atoms with Crippen molar-refractivity contribution in [1.29, 1.82) is 0 Å². The van der Waals surface area contributed by atoms with E-state index in [1.54, 1.807) is 0 Å². The van der Waals surface area contributed by atoms with Gasteiger partial charge < -0.3 is 8.94 Å². The second kappa shape index (κ2) is 7.75. The van der Waals surface area contributed by atoms with Gasteiger partial charge in [0.25, 0.3) is 5.22 Å². The van der Waals surface area contributed by atoms with E-state index in [0.717, 1.165) is 11.1 Å². The van der Waals surface area contributed by atoms with Crippen molar-refractivity contribution in [1.82, 2.24) is 20.3 Å². The van der Waals surface area contributed by atoms with Crippen LogP contribution in [0.25, 0.3) is 22.8 Å². The number of nitrogens with zero attached hydrogens (tertiary/aromatic N) is 4. The SMILES string of the molecule is CC(C)c1ccc(-c2noc(CSc3nnc(-c4ccccc4)o3)n2)cc1. The van der Waals surface area contributed by atoms with E-state index >= 15 is 0 Å². The van der Waals surface area contributed by atoms with Crippen molar-refractivity contribution in [2.45, 2.75) is 30.7 Å². The van der Waals surface area contributed by atoms with Gasteiger partial charge in [-0.05, 0) is 23.6 Å². The van der Waals surface area contributed by atoms with Gasteiger partial charge in [0.05, 0.1) is 5.75 Å². The summed E-state index contributed by atoms with van der Waals surface area (Å²) in [5.41, 5.74) is 3.11. The van der Waals surface area contributed by atoms with Crippen LogP contribution in [0.3, 0.4) is 0 Å². The van der Waals surface area contributed by atoms with E-state index in [2.05, 4.69) is 46.3 Å². The van der Waals surface area contributed by atoms with Gasteiger partial charge in [0.2, 0.25) is 17.6 Å². The van der Waals surface area contributed by atoms with Crippen LogP contribution in [0, 0.1) is 0 Å². The zero-order valence-corrected chi connectivity index (χ0v) is 15.8. The number of rotatable bonds is 6. The second-order valence-electron chi connectivity index (χ2n) is 6.32. The average Bonchev–Trinajstić information content (AvgIpc) is 3.37. The average molecular weight is 378 g/mol. The van der Waals surface area contributed by atoms with Crippen molar-refractivity contribution in [3.63, 3.8) is 0 Å². The van der Waals surface area contributed by atoms with Crippen LogP contribution in [0.15, 0.2) is 68.8 Å². The molecule has 27 heavy (non-hydrogen) atoms. The van der Waals surface area contributed by atoms with Crippen molar-refractivity contribution >= 4 is 11.8 Å². The van der Waals surface area contributed by atoms with E-state index < -0.39 is 0 Å². The quantitative estimate of drug-likeness (QED) is 0.427. The molecular formula is C20H18N4O2S. The minimum Gasteiger partial charge on any atom is -0.411 e. The Morgan fingerprint density at radius 1 is 0.926 bits per heavy atom. The molecule has 0 atom stereocenters. The Bertz CT molecular complexity index is 1010. The molecule has 0 saturated carbocycles. The van der Waals surface area contributed by atoms with Crippen molar-refractivity contribution in [3.8, 4) is 22.8 Å². The molecule has 2 heterocycles. The fraction of sp³-hybridized carbons (Fsp3) is 0.200. The maximum atomic E-state index is 5.67. The number of hydrogen-bond donors (Lipinski definition) is 0. The summed E-state index contributed by atoms with van der Waals surface area (Å²) in [5.74, 6) is 2.55. The third kappa shape index (κ3) is 4.09. The van der Waals surface area contributed by atoms with Gasteiger partial charge in [-0.25, -0.2) is 0 Å². The van der Waals surface area contributed by atoms with Crippen LogP contribution in [-0.2, 0) is 5.75 Å². The van der Waals surface area contributed by atoms with Gasteiger partial charge >= 0.3 is 0 Å². The van der Waals surface area contributed by atoms with E-state index in [0.29, 0.717) is 34.5 Å². The molecule has 0 N–H and O–H groups in total. The van der Waals surface area contributed by atoms with Crippen LogP contribution in [0.4, 0.5) is 0 Å². The first-order valence-corrected chi connectivity index (χ1v) is 9.62. The molecule has 0 bridgehead atoms. The Morgan fingerprint density at radius 3 is 2.44 bits per heavy atom. The number of aromatic nitrogens is 4. The molecule has 4 rings (SSSR count). The lowest BCUT2D eigenvalue weighted by atomic mass is 10.0. The third-order valence-corrected chi connectivity index (χ3v) is 4.85. The standard InChI is InChI=1S/C20H18N4O2S/c1-13(2)14-8-10-15(11-9-14)18-21-17(26-24-18)12-27-20-23-22-19(25-20)16-6-4-3-5-7-16/h3-11,13H,12H2,1-2H3. The van der Waals surface area contributed by atoms with Gasteiger partial charge in [0.15, 0.2) is 0 Å². The fourth-order valence-corrected chi connectivity index (χ4v) is 3.14. The first kappa shape index (κ1) is 17.5. The van der Waals surface area contributed by atoms with Gasteiger partial charge in [0, 0.05) is 11.1 Å². The molecule has 2 aromatic heterocycles. The summed E-state index contributed by atoms with van der Waals surface area (Å²) in [5, 5.41) is 12.7. The van der Waals surface area contributed by atoms with E-state index in [4.69, 9.17) is 8.94 Å². The highest BCUT2D eigenvalue weighted by Gasteiger charge is 2.13. The molecular weight excluding hydrogens is 360 g/mol. The highest BCUT2D eigenvalue weighted by atomic mass is 32.2. The minimum absolute atomic E-state index is 0.466. The van der Waals surface area contributed by atoms with Crippen molar-refractivity contribution in [2.75, 3.05) is 0 Å². The maximum Gasteiger partial charge on any atom is 0.277 e. The highest BCUT2D eigenvalue weighted by Crippen LogP contribution is 2.26. The number of benzene rings is 2. The molecule has 136 valence electrons. The molecule has 0 aliphatic heterocycles. The molecule has 0 aliphatic carbocycles. The fourth-order valence-electron chi connectivity index (χ4n) is 2.54. The molecule has 0 amide bonds. The van der Waals surface area contributed by atoms with Crippen LogP contribution >= 0.6 is 11.8 Å². The molecule has 0 aliphatic rings. The summed E-state index contributed by atoms with van der Waals surface area (Å²) in [6.45, 7) is 4.33. The molecule has 0 spiro atoms. The predicted octanol–water partition coefficient (Wildman–Crippen LogP) is 5.20. The monoisotopic (exact) mass is 378 g/mol. The largest absolute Gasteiger partial charge is 0.411 e. The third-order valence-electron chi connectivity index (χ3n) is 4.05. The summed E-state index contributed by atoms with van der Waals surface area (Å²) in [6, 6.07) is 17.9. The van der Waals surface area contributed by atoms with Crippen LogP contribution in [0.2, 0.25) is 0 Å². The Hall–Kier alpha value is -2.93. The second-order valence-corrected chi connectivity index (χ2v) is 7.24. The summed E-state index contributed by atoms with van der Waals surface area (Å²) in [7, 11) is 0. The highest BCUT2D eigenvalue weighted by molar-refractivity contribution is 7.98. The van der Waals surface area contributed by atoms with E-state index in [9.17, 15) is 0 Å². The first-order valence-electron chi connectivity index (χ1n) is 8.63. The van der Waals surface area contributed by atoms with Gasteiger partial charge in [-0.3, -0.25) is 0 Å². The lowest BCUT2D eigenvalue weighted by molar-refractivity contribution is 0.391. The van der Waals surface area contributed by atoms with E-state index in [1.165, 1.54) is 17.3 Å². The Kier molecular flexibility index (Phi) is 5.02. The van der Waals surface area contributed by atoms with Crippen LogP contribution in [-0.4, -0.2) is 20.3 Å². The van der Waals surface area contributed by atoms with Crippen LogP contribution in [0.1, 0.15) is 31.2 Å².